The van der Waals surface area contributed by atoms with Crippen molar-refractivity contribution >= 4 is 29.0 Å². The number of halogens is 2. The fraction of sp³-hybridized carbons (Fsp3) is 0.133. The molecule has 0 saturated carbocycles. The van der Waals surface area contributed by atoms with Gasteiger partial charge in [0.05, 0.1) is 0 Å². The third kappa shape index (κ3) is 3.80. The maximum atomic E-state index is 8.64. The highest BCUT2D eigenvalue weighted by atomic mass is 35.5. The zero-order chi connectivity index (χ0) is 15.4. The molecule has 2 rings (SSSR count). The second kappa shape index (κ2) is 6.70. The Labute approximate surface area is 132 Å². The maximum Gasteiger partial charge on any atom is 0.170 e. The predicted molar refractivity (Wildman–Crippen MR) is 84.5 cm³/mol. The van der Waals surface area contributed by atoms with E-state index in [4.69, 9.17) is 38.9 Å². The number of hydrogen-bond donors (Lipinski definition) is 2. The van der Waals surface area contributed by atoms with Crippen LogP contribution in [0.1, 0.15) is 16.7 Å². The van der Waals surface area contributed by atoms with E-state index < -0.39 is 0 Å². The van der Waals surface area contributed by atoms with Crippen molar-refractivity contribution in [1.82, 2.24) is 0 Å². The second-order valence-corrected chi connectivity index (χ2v) is 5.33. The van der Waals surface area contributed by atoms with Crippen molar-refractivity contribution in [2.24, 2.45) is 10.9 Å². The van der Waals surface area contributed by atoms with E-state index in [1.807, 2.05) is 19.1 Å². The van der Waals surface area contributed by atoms with Crippen LogP contribution in [0, 0.1) is 6.92 Å². The average molecular weight is 325 g/mol. The minimum absolute atomic E-state index is 0.0120. The third-order valence-corrected chi connectivity index (χ3v) is 3.56. The zero-order valence-corrected chi connectivity index (χ0v) is 12.8. The summed E-state index contributed by atoms with van der Waals surface area (Å²) in [6.45, 7) is 2.24. The molecule has 110 valence electrons. The molecule has 0 aromatic heterocycles. The average Bonchev–Trinajstić information content (AvgIpc) is 2.46. The first-order valence-corrected chi connectivity index (χ1v) is 6.92. The number of aryl methyl sites for hydroxylation is 1. The Balaban J connectivity index is 2.13. The van der Waals surface area contributed by atoms with E-state index in [1.54, 1.807) is 24.3 Å². The van der Waals surface area contributed by atoms with Gasteiger partial charge in [-0.15, -0.1) is 0 Å². The van der Waals surface area contributed by atoms with Crippen molar-refractivity contribution in [2.45, 2.75) is 13.5 Å². The fourth-order valence-electron chi connectivity index (χ4n) is 1.81. The van der Waals surface area contributed by atoms with Crippen molar-refractivity contribution in [2.75, 3.05) is 0 Å². The Morgan fingerprint density at radius 2 is 2.00 bits per heavy atom. The monoisotopic (exact) mass is 324 g/mol. The first kappa shape index (κ1) is 15.5. The molecule has 0 amide bonds. The normalized spacial score (nSPS) is 11.5. The van der Waals surface area contributed by atoms with Gasteiger partial charge in [-0.25, -0.2) is 0 Å². The summed E-state index contributed by atoms with van der Waals surface area (Å²) in [6.07, 6.45) is 0. The number of oxime groups is 1. The Hall–Kier alpha value is -1.91. The van der Waals surface area contributed by atoms with Gasteiger partial charge in [-0.3, -0.25) is 0 Å². The summed E-state index contributed by atoms with van der Waals surface area (Å²) in [6, 6.07) is 10.5. The molecule has 2 aromatic carbocycles. The molecule has 0 aliphatic rings. The number of hydrogen-bond acceptors (Lipinski definition) is 3. The van der Waals surface area contributed by atoms with Crippen molar-refractivity contribution < 1.29 is 9.94 Å². The van der Waals surface area contributed by atoms with Crippen LogP contribution in [0.4, 0.5) is 0 Å². The number of amidine groups is 1. The fourth-order valence-corrected chi connectivity index (χ4v) is 2.27. The molecule has 0 aliphatic carbocycles. The highest BCUT2D eigenvalue weighted by molar-refractivity contribution is 6.31. The molecule has 0 heterocycles. The summed E-state index contributed by atoms with van der Waals surface area (Å²) in [5.74, 6) is 0.758. The van der Waals surface area contributed by atoms with E-state index in [0.717, 1.165) is 16.9 Å². The van der Waals surface area contributed by atoms with Crippen LogP contribution in [0.2, 0.25) is 10.0 Å². The summed E-state index contributed by atoms with van der Waals surface area (Å²) in [5, 5.41) is 12.7. The zero-order valence-electron chi connectivity index (χ0n) is 11.3. The number of nitrogens with two attached hydrogens (primary N) is 1. The standard InChI is InChI=1S/C15H14Cl2N2O2/c1-9-6-12(16)4-5-14(9)21-8-11-3-2-10(7-13(11)17)15(18)19-20/h2-7,20H,8H2,1H3,(H2,18,19). The summed E-state index contributed by atoms with van der Waals surface area (Å²) >= 11 is 12.1. The van der Waals surface area contributed by atoms with Gasteiger partial charge in [-0.05, 0) is 36.8 Å². The Morgan fingerprint density at radius 1 is 1.24 bits per heavy atom. The van der Waals surface area contributed by atoms with Gasteiger partial charge in [0.25, 0.3) is 0 Å². The molecule has 0 saturated heterocycles. The lowest BCUT2D eigenvalue weighted by molar-refractivity contribution is 0.304. The number of nitrogens with zero attached hydrogens (tertiary/aromatic N) is 1. The van der Waals surface area contributed by atoms with Crippen LogP contribution >= 0.6 is 23.2 Å². The van der Waals surface area contributed by atoms with Crippen molar-refractivity contribution in [1.29, 1.82) is 0 Å². The first-order valence-electron chi connectivity index (χ1n) is 6.16. The van der Waals surface area contributed by atoms with Gasteiger partial charge in [0.15, 0.2) is 5.84 Å². The number of ether oxygens (including phenoxy) is 1. The summed E-state index contributed by atoms with van der Waals surface area (Å²) in [7, 11) is 0. The Bertz CT molecular complexity index is 687. The molecular formula is C15H14Cl2N2O2. The van der Waals surface area contributed by atoms with Gasteiger partial charge in [0.2, 0.25) is 0 Å². The van der Waals surface area contributed by atoms with E-state index in [0.29, 0.717) is 22.2 Å². The lowest BCUT2D eigenvalue weighted by atomic mass is 10.1. The maximum absolute atomic E-state index is 8.64. The molecule has 3 N–H and O–H groups in total. The summed E-state index contributed by atoms with van der Waals surface area (Å²) < 4.78 is 5.73. The highest BCUT2D eigenvalue weighted by Crippen LogP contribution is 2.24. The minimum Gasteiger partial charge on any atom is -0.489 e. The van der Waals surface area contributed by atoms with Gasteiger partial charge >= 0.3 is 0 Å². The predicted octanol–water partition coefficient (Wildman–Crippen LogP) is 3.98. The van der Waals surface area contributed by atoms with Crippen LogP contribution in [0.25, 0.3) is 0 Å². The molecule has 0 atom stereocenters. The quantitative estimate of drug-likeness (QED) is 0.387. The van der Waals surface area contributed by atoms with Crippen molar-refractivity contribution in [3.8, 4) is 5.75 Å². The Kier molecular flexibility index (Phi) is 4.94. The number of rotatable bonds is 4. The number of benzene rings is 2. The van der Waals surface area contributed by atoms with Crippen LogP contribution in [0.5, 0.6) is 5.75 Å². The smallest absolute Gasteiger partial charge is 0.170 e. The lowest BCUT2D eigenvalue weighted by Crippen LogP contribution is -2.13. The largest absolute Gasteiger partial charge is 0.489 e. The molecule has 0 radical (unpaired) electrons. The van der Waals surface area contributed by atoms with Gasteiger partial charge in [-0.2, -0.15) is 0 Å². The minimum atomic E-state index is 0.0120. The third-order valence-electron chi connectivity index (χ3n) is 2.98. The second-order valence-electron chi connectivity index (χ2n) is 4.49. The molecule has 0 unspecified atom stereocenters. The van der Waals surface area contributed by atoms with E-state index in [2.05, 4.69) is 5.16 Å². The topological polar surface area (TPSA) is 67.8 Å². The van der Waals surface area contributed by atoms with Crippen LogP contribution in [0.3, 0.4) is 0 Å². The molecular weight excluding hydrogens is 311 g/mol. The van der Waals surface area contributed by atoms with Crippen molar-refractivity contribution in [3.63, 3.8) is 0 Å². The van der Waals surface area contributed by atoms with E-state index >= 15 is 0 Å². The summed E-state index contributed by atoms with van der Waals surface area (Å²) in [4.78, 5) is 0. The molecule has 2 aromatic rings. The van der Waals surface area contributed by atoms with Gasteiger partial charge in [0, 0.05) is 21.2 Å². The van der Waals surface area contributed by atoms with Gasteiger partial charge in [0.1, 0.15) is 12.4 Å². The molecule has 4 nitrogen and oxygen atoms in total. The molecule has 0 fully saturated rings. The van der Waals surface area contributed by atoms with Crippen LogP contribution in [-0.2, 0) is 6.61 Å². The van der Waals surface area contributed by atoms with Crippen LogP contribution in [-0.4, -0.2) is 11.0 Å². The van der Waals surface area contributed by atoms with Gasteiger partial charge < -0.3 is 15.7 Å². The van der Waals surface area contributed by atoms with Gasteiger partial charge in [-0.1, -0.05) is 40.5 Å². The van der Waals surface area contributed by atoms with Crippen molar-refractivity contribution in [3.05, 3.63) is 63.1 Å². The molecule has 6 heteroatoms. The van der Waals surface area contributed by atoms with Crippen LogP contribution in [0.15, 0.2) is 41.6 Å². The van der Waals surface area contributed by atoms with E-state index in [1.165, 1.54) is 0 Å². The SMILES string of the molecule is Cc1cc(Cl)ccc1OCc1ccc(/C(N)=N/O)cc1Cl. The Morgan fingerprint density at radius 3 is 2.62 bits per heavy atom. The molecule has 0 bridgehead atoms. The van der Waals surface area contributed by atoms with E-state index in [-0.39, 0.29) is 5.84 Å². The van der Waals surface area contributed by atoms with Crippen LogP contribution < -0.4 is 10.5 Å². The molecule has 0 aliphatic heterocycles. The molecule has 0 spiro atoms. The molecule has 21 heavy (non-hydrogen) atoms. The first-order chi connectivity index (χ1) is 10.0. The highest BCUT2D eigenvalue weighted by Gasteiger charge is 2.07. The lowest BCUT2D eigenvalue weighted by Gasteiger charge is -2.11. The summed E-state index contributed by atoms with van der Waals surface area (Å²) in [5.41, 5.74) is 7.82. The van der Waals surface area contributed by atoms with E-state index in [9.17, 15) is 0 Å².